The van der Waals surface area contributed by atoms with Crippen LogP contribution >= 0.6 is 0 Å². The molecule has 0 saturated heterocycles. The summed E-state index contributed by atoms with van der Waals surface area (Å²) in [7, 11) is 1.92. The number of benzene rings is 1. The van der Waals surface area contributed by atoms with E-state index in [1.807, 2.05) is 55.9 Å². The van der Waals surface area contributed by atoms with Gasteiger partial charge in [-0.1, -0.05) is 12.1 Å². The van der Waals surface area contributed by atoms with Gasteiger partial charge in [0.05, 0.1) is 6.54 Å². The molecule has 1 amide bonds. The number of nitrogens with zero attached hydrogens (tertiary/aromatic N) is 3. The molecule has 0 unspecified atom stereocenters. The summed E-state index contributed by atoms with van der Waals surface area (Å²) in [4.78, 5) is 18.9. The molecular weight excluding hydrogens is 294 g/mol. The second-order valence-electron chi connectivity index (χ2n) is 5.88. The van der Waals surface area contributed by atoms with E-state index >= 15 is 0 Å². The molecule has 23 heavy (non-hydrogen) atoms. The van der Waals surface area contributed by atoms with Crippen LogP contribution in [-0.2, 0) is 18.4 Å². The van der Waals surface area contributed by atoms with Crippen molar-refractivity contribution < 1.29 is 14.3 Å². The number of fused-ring (bicyclic) bond motifs is 1. The van der Waals surface area contributed by atoms with E-state index in [0.717, 1.165) is 5.82 Å². The Balaban J connectivity index is 1.76. The van der Waals surface area contributed by atoms with Crippen LogP contribution in [0.3, 0.4) is 0 Å². The minimum atomic E-state index is -0.632. The Bertz CT molecular complexity index is 696. The van der Waals surface area contributed by atoms with Gasteiger partial charge >= 0.3 is 0 Å². The van der Waals surface area contributed by atoms with Gasteiger partial charge in [-0.3, -0.25) is 4.79 Å². The lowest BCUT2D eigenvalue weighted by Crippen LogP contribution is -2.48. The van der Waals surface area contributed by atoms with Gasteiger partial charge in [0.15, 0.2) is 11.5 Å². The number of amides is 1. The molecule has 1 atom stereocenters. The summed E-state index contributed by atoms with van der Waals surface area (Å²) in [5.74, 6) is 2.04. The molecule has 0 bridgehead atoms. The van der Waals surface area contributed by atoms with Crippen LogP contribution in [0.25, 0.3) is 0 Å². The number of carbonyl (C=O) groups is 1. The molecule has 0 radical (unpaired) electrons. The Morgan fingerprint density at radius 2 is 2.13 bits per heavy atom. The van der Waals surface area contributed by atoms with E-state index in [1.165, 1.54) is 0 Å². The van der Waals surface area contributed by atoms with Crippen molar-refractivity contribution in [3.63, 3.8) is 0 Å². The van der Waals surface area contributed by atoms with Crippen molar-refractivity contribution in [1.29, 1.82) is 0 Å². The van der Waals surface area contributed by atoms with Gasteiger partial charge in [-0.05, 0) is 26.0 Å². The normalized spacial score (nSPS) is 16.4. The van der Waals surface area contributed by atoms with Crippen LogP contribution in [0.4, 0.5) is 0 Å². The third kappa shape index (κ3) is 3.16. The zero-order valence-electron chi connectivity index (χ0n) is 13.6. The first-order valence-corrected chi connectivity index (χ1v) is 7.71. The minimum Gasteiger partial charge on any atom is -0.485 e. The van der Waals surface area contributed by atoms with Crippen molar-refractivity contribution >= 4 is 5.91 Å². The fourth-order valence-corrected chi connectivity index (χ4v) is 2.54. The van der Waals surface area contributed by atoms with Crippen LogP contribution in [0, 0.1) is 0 Å². The van der Waals surface area contributed by atoms with Crippen LogP contribution in [0.2, 0.25) is 0 Å². The van der Waals surface area contributed by atoms with Crippen molar-refractivity contribution in [1.82, 2.24) is 14.5 Å². The molecule has 1 aromatic heterocycles. The fraction of sp³-hybridized carbons (Fsp3) is 0.412. The Labute approximate surface area is 135 Å². The second-order valence-corrected chi connectivity index (χ2v) is 5.88. The van der Waals surface area contributed by atoms with Gasteiger partial charge in [0.2, 0.25) is 6.10 Å². The molecule has 6 nitrogen and oxygen atoms in total. The standard InChI is InChI=1S/C17H21N3O3/c1-12(2)20(10-16-18-8-9-19(16)3)17(21)15-11-22-13-6-4-5-7-14(13)23-15/h4-9,12,15H,10-11H2,1-3H3/t15-/m1/s1. The van der Waals surface area contributed by atoms with Crippen LogP contribution < -0.4 is 9.47 Å². The first-order valence-electron chi connectivity index (χ1n) is 7.71. The SMILES string of the molecule is CC(C)N(Cc1nccn1C)C(=O)[C@H]1COc2ccccc2O1. The molecule has 3 rings (SSSR count). The van der Waals surface area contributed by atoms with Crippen LogP contribution in [-0.4, -0.2) is 39.1 Å². The molecule has 1 aliphatic heterocycles. The molecule has 0 spiro atoms. The molecule has 2 heterocycles. The van der Waals surface area contributed by atoms with E-state index in [4.69, 9.17) is 9.47 Å². The Hall–Kier alpha value is -2.50. The topological polar surface area (TPSA) is 56.6 Å². The number of para-hydroxylation sites is 2. The third-order valence-electron chi connectivity index (χ3n) is 3.92. The van der Waals surface area contributed by atoms with E-state index in [-0.39, 0.29) is 18.6 Å². The van der Waals surface area contributed by atoms with Crippen molar-refractivity contribution in [2.24, 2.45) is 7.05 Å². The summed E-state index contributed by atoms with van der Waals surface area (Å²) in [5.41, 5.74) is 0. The molecule has 0 aliphatic carbocycles. The van der Waals surface area contributed by atoms with E-state index < -0.39 is 6.10 Å². The van der Waals surface area contributed by atoms with Crippen molar-refractivity contribution in [2.75, 3.05) is 6.61 Å². The molecule has 1 aromatic carbocycles. The summed E-state index contributed by atoms with van der Waals surface area (Å²) in [5, 5.41) is 0. The zero-order valence-corrected chi connectivity index (χ0v) is 13.6. The Morgan fingerprint density at radius 3 is 2.78 bits per heavy atom. The van der Waals surface area contributed by atoms with Crippen LogP contribution in [0.15, 0.2) is 36.7 Å². The van der Waals surface area contributed by atoms with E-state index in [2.05, 4.69) is 4.98 Å². The van der Waals surface area contributed by atoms with Gasteiger partial charge in [0.25, 0.3) is 5.91 Å². The van der Waals surface area contributed by atoms with Gasteiger partial charge in [-0.2, -0.15) is 0 Å². The molecule has 2 aromatic rings. The lowest BCUT2D eigenvalue weighted by Gasteiger charge is -2.32. The van der Waals surface area contributed by atoms with Gasteiger partial charge in [-0.15, -0.1) is 0 Å². The Kier molecular flexibility index (Phi) is 4.23. The highest BCUT2D eigenvalue weighted by Gasteiger charge is 2.32. The number of rotatable bonds is 4. The van der Waals surface area contributed by atoms with E-state index in [1.54, 1.807) is 11.1 Å². The zero-order chi connectivity index (χ0) is 16.4. The predicted octanol–water partition coefficient (Wildman–Crippen LogP) is 2.00. The quantitative estimate of drug-likeness (QED) is 0.866. The molecule has 0 N–H and O–H groups in total. The number of imidazole rings is 1. The molecule has 0 saturated carbocycles. The average Bonchev–Trinajstić information content (AvgIpc) is 2.96. The number of carbonyl (C=O) groups excluding carboxylic acids is 1. The second kappa shape index (κ2) is 6.32. The summed E-state index contributed by atoms with van der Waals surface area (Å²) in [6.45, 7) is 4.64. The average molecular weight is 315 g/mol. The van der Waals surface area contributed by atoms with Crippen LogP contribution in [0.5, 0.6) is 11.5 Å². The number of hydrogen-bond acceptors (Lipinski definition) is 4. The smallest absolute Gasteiger partial charge is 0.267 e. The summed E-state index contributed by atoms with van der Waals surface area (Å²) in [6, 6.07) is 7.44. The number of ether oxygens (including phenoxy) is 2. The van der Waals surface area contributed by atoms with Gasteiger partial charge in [0, 0.05) is 25.5 Å². The van der Waals surface area contributed by atoms with Gasteiger partial charge < -0.3 is 18.9 Å². The molecule has 0 fully saturated rings. The maximum atomic E-state index is 12.9. The van der Waals surface area contributed by atoms with Gasteiger partial charge in [-0.25, -0.2) is 4.98 Å². The predicted molar refractivity (Wildman–Crippen MR) is 85.2 cm³/mol. The highest BCUT2D eigenvalue weighted by molar-refractivity contribution is 5.82. The molecule has 122 valence electrons. The summed E-state index contributed by atoms with van der Waals surface area (Å²) >= 11 is 0. The lowest BCUT2D eigenvalue weighted by molar-refractivity contribution is -0.143. The maximum Gasteiger partial charge on any atom is 0.267 e. The van der Waals surface area contributed by atoms with Crippen LogP contribution in [0.1, 0.15) is 19.7 Å². The minimum absolute atomic E-state index is 0.0416. The fourth-order valence-electron chi connectivity index (χ4n) is 2.54. The number of aryl methyl sites for hydroxylation is 1. The highest BCUT2D eigenvalue weighted by Crippen LogP contribution is 2.31. The largest absolute Gasteiger partial charge is 0.485 e. The van der Waals surface area contributed by atoms with Crippen molar-refractivity contribution in [2.45, 2.75) is 32.5 Å². The van der Waals surface area contributed by atoms with Gasteiger partial charge in [0.1, 0.15) is 12.4 Å². The lowest BCUT2D eigenvalue weighted by atomic mass is 10.2. The number of aromatic nitrogens is 2. The first kappa shape index (κ1) is 15.4. The molecule has 1 aliphatic rings. The third-order valence-corrected chi connectivity index (χ3v) is 3.92. The van der Waals surface area contributed by atoms with Crippen molar-refractivity contribution in [3.8, 4) is 11.5 Å². The maximum absolute atomic E-state index is 12.9. The highest BCUT2D eigenvalue weighted by atomic mass is 16.6. The molecule has 6 heteroatoms. The first-order chi connectivity index (χ1) is 11.1. The van der Waals surface area contributed by atoms with Crippen molar-refractivity contribution in [3.05, 3.63) is 42.5 Å². The van der Waals surface area contributed by atoms with E-state index in [0.29, 0.717) is 18.0 Å². The van der Waals surface area contributed by atoms with E-state index in [9.17, 15) is 4.79 Å². The Morgan fingerprint density at radius 1 is 1.39 bits per heavy atom. The monoisotopic (exact) mass is 315 g/mol. The number of hydrogen-bond donors (Lipinski definition) is 0. The summed E-state index contributed by atoms with van der Waals surface area (Å²) in [6.07, 6.45) is 2.97. The summed E-state index contributed by atoms with van der Waals surface area (Å²) < 4.78 is 13.4. The molecular formula is C17H21N3O3.